The highest BCUT2D eigenvalue weighted by atomic mass is 32.2. The number of nitrogens with zero attached hydrogens (tertiary/aromatic N) is 2. The highest BCUT2D eigenvalue weighted by Crippen LogP contribution is 2.25. The fourth-order valence-electron chi connectivity index (χ4n) is 2.19. The number of aromatic nitrogens is 2. The number of furan rings is 2. The molecule has 134 valence electrons. The lowest BCUT2D eigenvalue weighted by Gasteiger charge is -2.09. The van der Waals surface area contributed by atoms with Crippen molar-refractivity contribution in [1.29, 1.82) is 0 Å². The second-order valence-electron chi connectivity index (χ2n) is 5.80. The van der Waals surface area contributed by atoms with Gasteiger partial charge in [0.15, 0.2) is 16.5 Å². The van der Waals surface area contributed by atoms with E-state index in [0.29, 0.717) is 11.5 Å². The fraction of sp³-hybridized carbons (Fsp3) is 0.312. The molecule has 0 saturated heterocycles. The Morgan fingerprint density at radius 3 is 2.72 bits per heavy atom. The molecule has 25 heavy (non-hydrogen) atoms. The molecule has 0 aromatic carbocycles. The molecule has 3 aromatic rings. The predicted octanol–water partition coefficient (Wildman–Crippen LogP) is 2.33. The molecule has 0 fully saturated rings. The molecule has 0 spiro atoms. The van der Waals surface area contributed by atoms with Crippen LogP contribution in [-0.2, 0) is 10.0 Å². The zero-order valence-electron chi connectivity index (χ0n) is 13.8. The number of aliphatic hydroxyl groups excluding tert-OH is 1. The molecule has 3 aromatic heterocycles. The van der Waals surface area contributed by atoms with Crippen LogP contribution < -0.4 is 4.72 Å². The monoisotopic (exact) mass is 365 g/mol. The summed E-state index contributed by atoms with van der Waals surface area (Å²) in [4.78, 5) is 3.89. The summed E-state index contributed by atoms with van der Waals surface area (Å²) in [6, 6.07) is 6.77. The maximum absolute atomic E-state index is 12.3. The summed E-state index contributed by atoms with van der Waals surface area (Å²) in [6.07, 6.45) is 3.28. The third-order valence-corrected chi connectivity index (χ3v) is 4.94. The van der Waals surface area contributed by atoms with Crippen molar-refractivity contribution in [3.63, 3.8) is 0 Å². The van der Waals surface area contributed by atoms with Crippen LogP contribution in [0.4, 0.5) is 0 Å². The summed E-state index contributed by atoms with van der Waals surface area (Å²) in [5, 5.41) is 10.1. The van der Waals surface area contributed by atoms with Gasteiger partial charge in [0, 0.05) is 18.8 Å². The van der Waals surface area contributed by atoms with Crippen molar-refractivity contribution in [3.8, 4) is 11.5 Å². The Bertz CT molecular complexity index is 925. The molecule has 3 rings (SSSR count). The molecule has 0 amide bonds. The molecule has 0 bridgehead atoms. The topological polar surface area (TPSA) is 110 Å². The van der Waals surface area contributed by atoms with Crippen LogP contribution >= 0.6 is 0 Å². The summed E-state index contributed by atoms with van der Waals surface area (Å²) in [5.41, 5.74) is 0. The highest BCUT2D eigenvalue weighted by Gasteiger charge is 2.21. The molecule has 9 heteroatoms. The van der Waals surface area contributed by atoms with Crippen molar-refractivity contribution >= 4 is 10.0 Å². The average Bonchev–Trinajstić information content (AvgIpc) is 3.33. The number of sulfonamides is 1. The molecular formula is C16H19N3O5S. The van der Waals surface area contributed by atoms with Gasteiger partial charge in [-0.05, 0) is 38.1 Å². The number of nitrogens with one attached hydrogen (secondary N) is 1. The Labute approximate surface area is 145 Å². The van der Waals surface area contributed by atoms with E-state index in [0.717, 1.165) is 0 Å². The van der Waals surface area contributed by atoms with Crippen LogP contribution in [0.25, 0.3) is 11.5 Å². The first-order valence-electron chi connectivity index (χ1n) is 7.71. The van der Waals surface area contributed by atoms with Gasteiger partial charge in [-0.1, -0.05) is 0 Å². The standard InChI is InChI=1S/C16H19N3O5S/c1-11(2)19-9-16(17-10-19)25(21,22)18-8-12(20)13-5-6-15(24-13)14-4-3-7-23-14/h3-7,9-12,18,20H,8H2,1-2H3. The van der Waals surface area contributed by atoms with E-state index in [2.05, 4.69) is 9.71 Å². The predicted molar refractivity (Wildman–Crippen MR) is 89.2 cm³/mol. The SMILES string of the molecule is CC(C)n1cnc(S(=O)(=O)NCC(O)c2ccc(-c3ccco3)o2)c1. The quantitative estimate of drug-likeness (QED) is 0.665. The zero-order chi connectivity index (χ0) is 18.0. The van der Waals surface area contributed by atoms with E-state index in [1.165, 1.54) is 18.8 Å². The van der Waals surface area contributed by atoms with E-state index >= 15 is 0 Å². The van der Waals surface area contributed by atoms with Gasteiger partial charge in [-0.15, -0.1) is 0 Å². The molecule has 1 unspecified atom stereocenters. The van der Waals surface area contributed by atoms with E-state index in [1.54, 1.807) is 28.8 Å². The van der Waals surface area contributed by atoms with Crippen LogP contribution in [0, 0.1) is 0 Å². The first kappa shape index (κ1) is 17.5. The maximum atomic E-state index is 12.3. The Morgan fingerprint density at radius 2 is 2.08 bits per heavy atom. The van der Waals surface area contributed by atoms with Crippen LogP contribution in [0.3, 0.4) is 0 Å². The minimum atomic E-state index is -3.81. The molecule has 0 saturated carbocycles. The number of hydrogen-bond donors (Lipinski definition) is 2. The summed E-state index contributed by atoms with van der Waals surface area (Å²) in [5.74, 6) is 1.22. The van der Waals surface area contributed by atoms with Crippen LogP contribution in [-0.4, -0.2) is 29.6 Å². The minimum absolute atomic E-state index is 0.0934. The fourth-order valence-corrected chi connectivity index (χ4v) is 3.16. The van der Waals surface area contributed by atoms with Gasteiger partial charge in [-0.25, -0.2) is 18.1 Å². The largest absolute Gasteiger partial charge is 0.461 e. The third-order valence-electron chi connectivity index (χ3n) is 3.64. The molecule has 2 N–H and O–H groups in total. The van der Waals surface area contributed by atoms with E-state index < -0.39 is 16.1 Å². The van der Waals surface area contributed by atoms with E-state index in [4.69, 9.17) is 8.83 Å². The minimum Gasteiger partial charge on any atom is -0.461 e. The number of aliphatic hydroxyl groups is 1. The second kappa shape index (κ2) is 6.87. The van der Waals surface area contributed by atoms with E-state index in [-0.39, 0.29) is 23.4 Å². The summed E-state index contributed by atoms with van der Waals surface area (Å²) in [6.45, 7) is 3.60. The normalized spacial score (nSPS) is 13.4. The molecule has 0 aliphatic rings. The van der Waals surface area contributed by atoms with Gasteiger partial charge >= 0.3 is 0 Å². The summed E-state index contributed by atoms with van der Waals surface area (Å²) in [7, 11) is -3.81. The zero-order valence-corrected chi connectivity index (χ0v) is 14.6. The number of hydrogen-bond acceptors (Lipinski definition) is 6. The summed E-state index contributed by atoms with van der Waals surface area (Å²) >= 11 is 0. The van der Waals surface area contributed by atoms with Crippen LogP contribution in [0.5, 0.6) is 0 Å². The van der Waals surface area contributed by atoms with Crippen LogP contribution in [0.1, 0.15) is 31.8 Å². The Balaban J connectivity index is 1.66. The van der Waals surface area contributed by atoms with Gasteiger partial charge in [0.2, 0.25) is 0 Å². The molecular weight excluding hydrogens is 346 g/mol. The molecule has 1 atom stereocenters. The molecule has 0 aliphatic carbocycles. The second-order valence-corrected chi connectivity index (χ2v) is 7.51. The van der Waals surface area contributed by atoms with Gasteiger partial charge in [-0.2, -0.15) is 0 Å². The number of imidazole rings is 1. The molecule has 8 nitrogen and oxygen atoms in total. The van der Waals surface area contributed by atoms with Gasteiger partial charge in [0.05, 0.1) is 12.6 Å². The average molecular weight is 365 g/mol. The first-order chi connectivity index (χ1) is 11.9. The van der Waals surface area contributed by atoms with Gasteiger partial charge in [-0.3, -0.25) is 0 Å². The lowest BCUT2D eigenvalue weighted by molar-refractivity contribution is 0.154. The van der Waals surface area contributed by atoms with Crippen molar-refractivity contribution in [3.05, 3.63) is 48.8 Å². The lowest BCUT2D eigenvalue weighted by Crippen LogP contribution is -2.28. The molecule has 3 heterocycles. The molecule has 0 aliphatic heterocycles. The van der Waals surface area contributed by atoms with Crippen molar-refractivity contribution in [2.75, 3.05) is 6.54 Å². The maximum Gasteiger partial charge on any atom is 0.259 e. The lowest BCUT2D eigenvalue weighted by atomic mass is 10.3. The Kier molecular flexibility index (Phi) is 4.80. The van der Waals surface area contributed by atoms with Crippen molar-refractivity contribution in [2.45, 2.75) is 31.0 Å². The smallest absolute Gasteiger partial charge is 0.259 e. The highest BCUT2D eigenvalue weighted by molar-refractivity contribution is 7.89. The summed E-state index contributed by atoms with van der Waals surface area (Å²) < 4.78 is 39.2. The van der Waals surface area contributed by atoms with Crippen LogP contribution in [0.15, 0.2) is 56.9 Å². The van der Waals surface area contributed by atoms with Crippen molar-refractivity contribution < 1.29 is 22.4 Å². The van der Waals surface area contributed by atoms with E-state index in [9.17, 15) is 13.5 Å². The van der Waals surface area contributed by atoms with Crippen molar-refractivity contribution in [1.82, 2.24) is 14.3 Å². The van der Waals surface area contributed by atoms with Gasteiger partial charge < -0.3 is 18.5 Å². The van der Waals surface area contributed by atoms with Gasteiger partial charge in [0.25, 0.3) is 10.0 Å². The number of rotatable bonds is 7. The van der Waals surface area contributed by atoms with Crippen LogP contribution in [0.2, 0.25) is 0 Å². The first-order valence-corrected chi connectivity index (χ1v) is 9.20. The van der Waals surface area contributed by atoms with E-state index in [1.807, 2.05) is 13.8 Å². The Hall–Kier alpha value is -2.36. The van der Waals surface area contributed by atoms with Gasteiger partial charge in [0.1, 0.15) is 11.9 Å². The van der Waals surface area contributed by atoms with Crippen molar-refractivity contribution in [2.24, 2.45) is 0 Å². The molecule has 0 radical (unpaired) electrons. The Morgan fingerprint density at radius 1 is 1.28 bits per heavy atom. The third kappa shape index (κ3) is 3.84.